The number of para-hydroxylation sites is 1. The maximum Gasteiger partial charge on any atom is 0.287 e. The Bertz CT molecular complexity index is 1080. The highest BCUT2D eigenvalue weighted by molar-refractivity contribution is 7.17. The summed E-state index contributed by atoms with van der Waals surface area (Å²) in [5.41, 5.74) is 1.35. The first-order valence-electron chi connectivity index (χ1n) is 8.16. The number of methoxy groups -OCH3 is 1. The molecule has 132 valence electrons. The molecule has 4 aromatic rings. The number of aliphatic hydroxyl groups excluding tert-OH is 1. The van der Waals surface area contributed by atoms with Crippen molar-refractivity contribution in [3.05, 3.63) is 65.2 Å². The molecule has 0 saturated heterocycles. The van der Waals surface area contributed by atoms with Crippen LogP contribution >= 0.6 is 11.3 Å². The summed E-state index contributed by atoms with van der Waals surface area (Å²) in [6.07, 6.45) is -0.783. The van der Waals surface area contributed by atoms with Gasteiger partial charge in [-0.05, 0) is 29.0 Å². The molecule has 6 heteroatoms. The molecular weight excluding hydrogens is 350 g/mol. The molecule has 0 aliphatic rings. The van der Waals surface area contributed by atoms with Crippen molar-refractivity contribution in [1.82, 2.24) is 5.32 Å². The molecule has 5 nitrogen and oxygen atoms in total. The van der Waals surface area contributed by atoms with Crippen LogP contribution in [0.1, 0.15) is 22.2 Å². The monoisotopic (exact) mass is 367 g/mol. The van der Waals surface area contributed by atoms with Crippen molar-refractivity contribution in [2.24, 2.45) is 0 Å². The molecule has 0 aliphatic carbocycles. The number of furan rings is 1. The number of nitrogens with one attached hydrogen (secondary N) is 1. The molecule has 4 rings (SSSR count). The number of ether oxygens (including phenoxy) is 1. The van der Waals surface area contributed by atoms with Gasteiger partial charge in [0.1, 0.15) is 0 Å². The van der Waals surface area contributed by atoms with Gasteiger partial charge in [-0.15, -0.1) is 11.3 Å². The molecule has 0 fully saturated rings. The minimum atomic E-state index is -0.783. The van der Waals surface area contributed by atoms with Crippen LogP contribution in [-0.2, 0) is 0 Å². The van der Waals surface area contributed by atoms with Gasteiger partial charge in [-0.3, -0.25) is 4.79 Å². The Morgan fingerprint density at radius 3 is 2.96 bits per heavy atom. The summed E-state index contributed by atoms with van der Waals surface area (Å²) in [5, 5.41) is 16.9. The van der Waals surface area contributed by atoms with Crippen LogP contribution in [0.5, 0.6) is 5.75 Å². The number of amides is 1. The number of rotatable bonds is 5. The van der Waals surface area contributed by atoms with E-state index in [9.17, 15) is 9.90 Å². The van der Waals surface area contributed by atoms with Crippen LogP contribution in [0.4, 0.5) is 0 Å². The molecule has 1 atom stereocenters. The number of benzene rings is 2. The summed E-state index contributed by atoms with van der Waals surface area (Å²) in [7, 11) is 1.55. The lowest BCUT2D eigenvalue weighted by molar-refractivity contribution is 0.0892. The van der Waals surface area contributed by atoms with Gasteiger partial charge in [0.05, 0.1) is 13.2 Å². The van der Waals surface area contributed by atoms with E-state index in [1.54, 1.807) is 30.6 Å². The number of fused-ring (bicyclic) bond motifs is 2. The van der Waals surface area contributed by atoms with Crippen LogP contribution in [0, 0.1) is 0 Å². The topological polar surface area (TPSA) is 71.7 Å². The molecule has 0 aliphatic heterocycles. The quantitative estimate of drug-likeness (QED) is 0.557. The SMILES string of the molecule is COc1cccc2cc(C(=O)NCC(O)c3csc4ccccc34)oc12. The van der Waals surface area contributed by atoms with Gasteiger partial charge in [0.25, 0.3) is 5.91 Å². The number of aliphatic hydroxyl groups is 1. The third-order valence-corrected chi connectivity index (χ3v) is 5.26. The van der Waals surface area contributed by atoms with Gasteiger partial charge < -0.3 is 19.6 Å². The fourth-order valence-electron chi connectivity index (χ4n) is 2.95. The van der Waals surface area contributed by atoms with Crippen LogP contribution in [0.2, 0.25) is 0 Å². The number of carbonyl (C=O) groups is 1. The number of carbonyl (C=O) groups excluding carboxylic acids is 1. The van der Waals surface area contributed by atoms with E-state index in [4.69, 9.17) is 9.15 Å². The van der Waals surface area contributed by atoms with Crippen molar-refractivity contribution in [2.75, 3.05) is 13.7 Å². The zero-order chi connectivity index (χ0) is 18.1. The Morgan fingerprint density at radius 2 is 2.12 bits per heavy atom. The Labute approximate surface area is 153 Å². The fourth-order valence-corrected chi connectivity index (χ4v) is 3.96. The van der Waals surface area contributed by atoms with Gasteiger partial charge >= 0.3 is 0 Å². The second-order valence-electron chi connectivity index (χ2n) is 5.90. The molecule has 0 saturated carbocycles. The predicted molar refractivity (Wildman–Crippen MR) is 102 cm³/mol. The molecule has 1 amide bonds. The van der Waals surface area contributed by atoms with Crippen LogP contribution in [-0.4, -0.2) is 24.7 Å². The first kappa shape index (κ1) is 16.6. The van der Waals surface area contributed by atoms with E-state index in [2.05, 4.69) is 5.32 Å². The molecule has 0 bridgehead atoms. The smallest absolute Gasteiger partial charge is 0.287 e. The van der Waals surface area contributed by atoms with Crippen molar-refractivity contribution in [3.63, 3.8) is 0 Å². The van der Waals surface area contributed by atoms with Crippen LogP contribution in [0.3, 0.4) is 0 Å². The molecule has 26 heavy (non-hydrogen) atoms. The third kappa shape index (κ3) is 2.94. The summed E-state index contributed by atoms with van der Waals surface area (Å²) < 4.78 is 12.0. The lowest BCUT2D eigenvalue weighted by Crippen LogP contribution is -2.27. The van der Waals surface area contributed by atoms with E-state index < -0.39 is 6.10 Å². The summed E-state index contributed by atoms with van der Waals surface area (Å²) in [5.74, 6) is 0.389. The second kappa shape index (κ2) is 6.82. The average molecular weight is 367 g/mol. The lowest BCUT2D eigenvalue weighted by Gasteiger charge is -2.10. The van der Waals surface area contributed by atoms with E-state index in [1.165, 1.54) is 0 Å². The van der Waals surface area contributed by atoms with Crippen LogP contribution in [0.25, 0.3) is 21.1 Å². The van der Waals surface area contributed by atoms with Gasteiger partial charge in [0, 0.05) is 22.2 Å². The Morgan fingerprint density at radius 1 is 1.27 bits per heavy atom. The van der Waals surface area contributed by atoms with Crippen molar-refractivity contribution in [3.8, 4) is 5.75 Å². The molecule has 0 spiro atoms. The van der Waals surface area contributed by atoms with Crippen molar-refractivity contribution in [1.29, 1.82) is 0 Å². The van der Waals surface area contributed by atoms with Gasteiger partial charge in [-0.2, -0.15) is 0 Å². The average Bonchev–Trinajstić information content (AvgIpc) is 3.29. The minimum Gasteiger partial charge on any atom is -0.493 e. The first-order valence-corrected chi connectivity index (χ1v) is 9.04. The Balaban J connectivity index is 1.50. The second-order valence-corrected chi connectivity index (χ2v) is 6.81. The summed E-state index contributed by atoms with van der Waals surface area (Å²) in [6.45, 7) is 0.105. The van der Waals surface area contributed by atoms with E-state index in [0.29, 0.717) is 11.3 Å². The minimum absolute atomic E-state index is 0.105. The van der Waals surface area contributed by atoms with E-state index in [-0.39, 0.29) is 18.2 Å². The van der Waals surface area contributed by atoms with Crippen LogP contribution < -0.4 is 10.1 Å². The van der Waals surface area contributed by atoms with Gasteiger partial charge in [0.2, 0.25) is 0 Å². The molecule has 1 unspecified atom stereocenters. The maximum absolute atomic E-state index is 12.4. The summed E-state index contributed by atoms with van der Waals surface area (Å²) in [6, 6.07) is 15.0. The highest BCUT2D eigenvalue weighted by Gasteiger charge is 2.18. The van der Waals surface area contributed by atoms with Crippen molar-refractivity contribution >= 4 is 38.3 Å². The van der Waals surface area contributed by atoms with Crippen molar-refractivity contribution in [2.45, 2.75) is 6.10 Å². The molecule has 2 aromatic carbocycles. The number of thiophene rings is 1. The van der Waals surface area contributed by atoms with E-state index >= 15 is 0 Å². The van der Waals surface area contributed by atoms with Gasteiger partial charge in [-0.1, -0.05) is 30.3 Å². The van der Waals surface area contributed by atoms with Gasteiger partial charge in [-0.25, -0.2) is 0 Å². The Hall–Kier alpha value is -2.83. The predicted octanol–water partition coefficient (Wildman–Crippen LogP) is 4.12. The summed E-state index contributed by atoms with van der Waals surface area (Å²) >= 11 is 1.57. The van der Waals surface area contributed by atoms with Crippen molar-refractivity contribution < 1.29 is 19.1 Å². The van der Waals surface area contributed by atoms with Crippen LogP contribution in [0.15, 0.2) is 58.3 Å². The van der Waals surface area contributed by atoms with E-state index in [1.807, 2.05) is 41.8 Å². The zero-order valence-corrected chi connectivity index (χ0v) is 14.9. The molecular formula is C20H17NO4S. The highest BCUT2D eigenvalue weighted by Crippen LogP contribution is 2.30. The normalized spacial score (nSPS) is 12.4. The lowest BCUT2D eigenvalue weighted by atomic mass is 10.1. The maximum atomic E-state index is 12.4. The zero-order valence-electron chi connectivity index (χ0n) is 14.1. The fraction of sp³-hybridized carbons (Fsp3) is 0.150. The standard InChI is InChI=1S/C20H17NO4S/c1-24-16-7-4-5-12-9-17(25-19(12)16)20(23)21-10-15(22)14-11-26-18-8-3-2-6-13(14)18/h2-9,11,15,22H,10H2,1H3,(H,21,23). The molecule has 2 N–H and O–H groups in total. The third-order valence-electron chi connectivity index (χ3n) is 4.28. The largest absolute Gasteiger partial charge is 0.493 e. The van der Waals surface area contributed by atoms with Gasteiger partial charge in [0.15, 0.2) is 17.1 Å². The molecule has 2 aromatic heterocycles. The number of hydrogen-bond acceptors (Lipinski definition) is 5. The molecule has 0 radical (unpaired) electrons. The Kier molecular flexibility index (Phi) is 4.36. The van der Waals surface area contributed by atoms with E-state index in [0.717, 1.165) is 21.0 Å². The molecule has 2 heterocycles. The number of hydrogen-bond donors (Lipinski definition) is 2. The summed E-state index contributed by atoms with van der Waals surface area (Å²) in [4.78, 5) is 12.4. The first-order chi connectivity index (χ1) is 12.7. The highest BCUT2D eigenvalue weighted by atomic mass is 32.1.